The highest BCUT2D eigenvalue weighted by Crippen LogP contribution is 2.21. The van der Waals surface area contributed by atoms with Gasteiger partial charge in [-0.15, -0.1) is 0 Å². The lowest BCUT2D eigenvalue weighted by atomic mass is 10.2. The maximum atomic E-state index is 9.31. The van der Waals surface area contributed by atoms with E-state index < -0.39 is 0 Å². The highest BCUT2D eigenvalue weighted by atomic mass is 24.3. The molecule has 4 aromatic rings. The van der Waals surface area contributed by atoms with Gasteiger partial charge in [-0.1, -0.05) is 48.6 Å². The number of aromatic hydroxyl groups is 2. The summed E-state index contributed by atoms with van der Waals surface area (Å²) in [7, 11) is 0. The summed E-state index contributed by atoms with van der Waals surface area (Å²) in [5, 5.41) is 20.5. The molecule has 0 spiro atoms. The molecule has 0 aliphatic carbocycles. The molecule has 2 N–H and O–H groups in total. The van der Waals surface area contributed by atoms with Crippen LogP contribution in [0, 0.1) is 0 Å². The van der Waals surface area contributed by atoms with Crippen LogP contribution in [0.25, 0.3) is 21.8 Å². The lowest BCUT2D eigenvalue weighted by Crippen LogP contribution is -1.82. The van der Waals surface area contributed by atoms with Crippen molar-refractivity contribution in [2.24, 2.45) is 0 Å². The summed E-state index contributed by atoms with van der Waals surface area (Å²) in [6.07, 6.45) is 18.3. The summed E-state index contributed by atoms with van der Waals surface area (Å²) in [4.78, 5) is 8.06. The SMILES string of the molecule is C1=CCOC=C1.C1=CCOC=C1.Oc1cccc2cccnc12.Oc1cccc2cccnc12.[MgH2].[MgH2]. The molecule has 8 heteroatoms. The normalized spacial score (nSPS) is 12.0. The Bertz CT molecular complexity index is 1170. The Morgan fingerprint density at radius 3 is 1.25 bits per heavy atom. The van der Waals surface area contributed by atoms with Gasteiger partial charge in [-0.05, 0) is 48.6 Å². The smallest absolute Gasteiger partial charge is 0.316 e. The molecule has 36 heavy (non-hydrogen) atoms. The number of hydrogen-bond acceptors (Lipinski definition) is 6. The topological polar surface area (TPSA) is 84.7 Å². The monoisotopic (exact) mass is 506 g/mol. The average molecular weight is 507 g/mol. The third-order valence-electron chi connectivity index (χ3n) is 4.45. The predicted molar refractivity (Wildman–Crippen MR) is 152 cm³/mol. The van der Waals surface area contributed by atoms with E-state index in [1.54, 1.807) is 49.2 Å². The second kappa shape index (κ2) is 18.3. The van der Waals surface area contributed by atoms with E-state index in [1.165, 1.54) is 0 Å². The van der Waals surface area contributed by atoms with Gasteiger partial charge in [-0.2, -0.15) is 0 Å². The molecule has 2 aromatic heterocycles. The number of benzene rings is 2. The molecule has 0 radical (unpaired) electrons. The first-order valence-electron chi connectivity index (χ1n) is 10.7. The van der Waals surface area contributed by atoms with Gasteiger partial charge in [-0.25, -0.2) is 0 Å². The van der Waals surface area contributed by atoms with Crippen LogP contribution in [0.4, 0.5) is 0 Å². The van der Waals surface area contributed by atoms with Crippen molar-refractivity contribution < 1.29 is 19.7 Å². The molecule has 0 unspecified atom stereocenters. The van der Waals surface area contributed by atoms with Crippen molar-refractivity contribution in [3.05, 3.63) is 122 Å². The van der Waals surface area contributed by atoms with Crippen LogP contribution >= 0.6 is 0 Å². The van der Waals surface area contributed by atoms with Gasteiger partial charge in [0.1, 0.15) is 35.7 Å². The van der Waals surface area contributed by atoms with Crippen molar-refractivity contribution in [1.29, 1.82) is 0 Å². The first-order chi connectivity index (χ1) is 16.8. The van der Waals surface area contributed by atoms with Crippen LogP contribution in [-0.2, 0) is 9.47 Å². The fourth-order valence-corrected chi connectivity index (χ4v) is 2.87. The van der Waals surface area contributed by atoms with E-state index in [0.29, 0.717) is 11.0 Å². The summed E-state index contributed by atoms with van der Waals surface area (Å²) >= 11 is 0. The molecular weight excluding hydrogens is 477 g/mol. The number of pyridine rings is 2. The number of para-hydroxylation sites is 2. The van der Waals surface area contributed by atoms with Crippen LogP contribution in [0.5, 0.6) is 11.5 Å². The Hall–Kier alpha value is -3.05. The van der Waals surface area contributed by atoms with Crippen molar-refractivity contribution in [1.82, 2.24) is 9.97 Å². The molecule has 0 saturated heterocycles. The third-order valence-corrected chi connectivity index (χ3v) is 4.45. The quantitative estimate of drug-likeness (QED) is 0.347. The van der Waals surface area contributed by atoms with Gasteiger partial charge in [0.05, 0.1) is 12.5 Å². The van der Waals surface area contributed by atoms with Crippen LogP contribution in [0.3, 0.4) is 0 Å². The van der Waals surface area contributed by atoms with E-state index in [4.69, 9.17) is 9.47 Å². The summed E-state index contributed by atoms with van der Waals surface area (Å²) in [6.45, 7) is 1.47. The minimum Gasteiger partial charge on any atom is -0.506 e. The Morgan fingerprint density at radius 1 is 0.556 bits per heavy atom. The Morgan fingerprint density at radius 2 is 0.972 bits per heavy atom. The maximum absolute atomic E-state index is 9.31. The van der Waals surface area contributed by atoms with E-state index >= 15 is 0 Å². The van der Waals surface area contributed by atoms with Gasteiger partial charge in [0, 0.05) is 23.2 Å². The number of ether oxygens (including phenoxy) is 2. The number of nitrogens with zero attached hydrogens (tertiary/aromatic N) is 2. The van der Waals surface area contributed by atoms with Crippen LogP contribution in [0.15, 0.2) is 122 Å². The van der Waals surface area contributed by atoms with E-state index in [2.05, 4.69) is 9.97 Å². The highest BCUT2D eigenvalue weighted by molar-refractivity contribution is 5.84. The van der Waals surface area contributed by atoms with Crippen LogP contribution in [-0.4, -0.2) is 79.5 Å². The predicted octanol–water partition coefficient (Wildman–Crippen LogP) is 4.22. The zero-order valence-electron chi connectivity index (χ0n) is 18.6. The molecule has 2 aliphatic rings. The van der Waals surface area contributed by atoms with Crippen molar-refractivity contribution in [3.8, 4) is 11.5 Å². The Kier molecular flexibility index (Phi) is 15.7. The largest absolute Gasteiger partial charge is 0.506 e. The molecular formula is C28H30Mg2N2O4. The molecule has 0 atom stereocenters. The zero-order valence-corrected chi connectivity index (χ0v) is 18.6. The van der Waals surface area contributed by atoms with Crippen LogP contribution < -0.4 is 0 Å². The minimum absolute atomic E-state index is 0. The summed E-state index contributed by atoms with van der Waals surface area (Å²) < 4.78 is 9.60. The lowest BCUT2D eigenvalue weighted by molar-refractivity contribution is 0.286. The number of allylic oxidation sites excluding steroid dienone is 4. The van der Waals surface area contributed by atoms with Crippen molar-refractivity contribution in [2.45, 2.75) is 0 Å². The summed E-state index contributed by atoms with van der Waals surface area (Å²) in [6, 6.07) is 18.3. The Labute approximate surface area is 243 Å². The summed E-state index contributed by atoms with van der Waals surface area (Å²) in [5.41, 5.74) is 1.32. The zero-order chi connectivity index (χ0) is 23.8. The minimum atomic E-state index is 0. The van der Waals surface area contributed by atoms with Crippen molar-refractivity contribution in [3.63, 3.8) is 0 Å². The van der Waals surface area contributed by atoms with Gasteiger partial charge in [-0.3, -0.25) is 9.97 Å². The van der Waals surface area contributed by atoms with Gasteiger partial charge in [0.25, 0.3) is 0 Å². The number of phenolic OH excluding ortho intramolecular Hbond substituents is 2. The van der Waals surface area contributed by atoms with Gasteiger partial charge in [0.15, 0.2) is 0 Å². The first-order valence-corrected chi connectivity index (χ1v) is 10.7. The van der Waals surface area contributed by atoms with E-state index in [-0.39, 0.29) is 57.6 Å². The molecule has 6 nitrogen and oxygen atoms in total. The second-order valence-corrected chi connectivity index (χ2v) is 6.88. The van der Waals surface area contributed by atoms with Crippen molar-refractivity contribution >= 4 is 67.9 Å². The molecule has 0 saturated carbocycles. The molecule has 0 bridgehead atoms. The molecule has 2 aromatic carbocycles. The van der Waals surface area contributed by atoms with Crippen LogP contribution in [0.1, 0.15) is 0 Å². The van der Waals surface area contributed by atoms with Gasteiger partial charge in [0.2, 0.25) is 0 Å². The number of fused-ring (bicyclic) bond motifs is 2. The second-order valence-electron chi connectivity index (χ2n) is 6.88. The molecule has 0 amide bonds. The third kappa shape index (κ3) is 10.7. The standard InChI is InChI=1S/2C9H7NO.2C5H6O.2Mg.4H/c2*11-8-5-1-3-7-4-2-6-10-9(7)8;2*1-2-4-6-5-3-1;;;;;;/h2*1-6,11H;2*1-4H,5H2;;;;;;. The highest BCUT2D eigenvalue weighted by Gasteiger charge is 1.97. The number of rotatable bonds is 0. The lowest BCUT2D eigenvalue weighted by Gasteiger charge is -1.96. The molecule has 0 fully saturated rings. The van der Waals surface area contributed by atoms with Crippen molar-refractivity contribution in [2.75, 3.05) is 13.2 Å². The average Bonchev–Trinajstić information content (AvgIpc) is 2.93. The number of aromatic nitrogens is 2. The maximum Gasteiger partial charge on any atom is 0.316 e. The number of phenols is 2. The van der Waals surface area contributed by atoms with Gasteiger partial charge >= 0.3 is 46.1 Å². The fourth-order valence-electron chi connectivity index (χ4n) is 2.87. The molecule has 4 heterocycles. The summed E-state index contributed by atoms with van der Waals surface area (Å²) in [5.74, 6) is 0.478. The fraction of sp³-hybridized carbons (Fsp3) is 0.0714. The first kappa shape index (κ1) is 31.0. The number of hydrogen-bond donors (Lipinski definition) is 2. The molecule has 6 rings (SSSR count). The van der Waals surface area contributed by atoms with E-state index in [0.717, 1.165) is 24.0 Å². The van der Waals surface area contributed by atoms with Gasteiger partial charge < -0.3 is 19.7 Å². The van der Waals surface area contributed by atoms with Crippen LogP contribution in [0.2, 0.25) is 0 Å². The molecule has 2 aliphatic heterocycles. The molecule has 180 valence electrons. The van der Waals surface area contributed by atoms with E-state index in [9.17, 15) is 10.2 Å². The van der Waals surface area contributed by atoms with E-state index in [1.807, 2.05) is 72.9 Å². The Balaban J connectivity index is 0.000000245.